The van der Waals surface area contributed by atoms with Crippen LogP contribution in [0.4, 0.5) is 5.82 Å². The Balaban J connectivity index is 1.52. The lowest BCUT2D eigenvalue weighted by atomic mass is 10.2. The van der Waals surface area contributed by atoms with Gasteiger partial charge in [0, 0.05) is 24.2 Å². The van der Waals surface area contributed by atoms with Crippen molar-refractivity contribution in [3.63, 3.8) is 0 Å². The SMILES string of the molecule is O=C(CSc1nnc(-c2ccncc2)n1Cc1ccccc1)Nc1ccc(Cl)cn1. The molecule has 3 heterocycles. The normalized spacial score (nSPS) is 10.7. The Bertz CT molecular complexity index is 1120. The molecule has 3 aromatic heterocycles. The maximum atomic E-state index is 12.3. The molecule has 0 aliphatic rings. The highest BCUT2D eigenvalue weighted by Gasteiger charge is 2.16. The Hall–Kier alpha value is -3.23. The van der Waals surface area contributed by atoms with Crippen molar-refractivity contribution in [3.05, 3.63) is 83.8 Å². The summed E-state index contributed by atoms with van der Waals surface area (Å²) in [6, 6.07) is 17.2. The number of carbonyl (C=O) groups is 1. The third-order valence-corrected chi connectivity index (χ3v) is 5.36. The smallest absolute Gasteiger partial charge is 0.236 e. The molecule has 4 rings (SSSR count). The van der Waals surface area contributed by atoms with E-state index < -0.39 is 0 Å². The Kier molecular flexibility index (Phi) is 6.36. The molecule has 0 bridgehead atoms. The van der Waals surface area contributed by atoms with E-state index in [0.29, 0.717) is 22.5 Å². The third kappa shape index (κ3) is 5.03. The molecule has 0 aliphatic heterocycles. The zero-order valence-corrected chi connectivity index (χ0v) is 17.3. The molecule has 0 unspecified atom stereocenters. The standard InChI is InChI=1S/C21H17ClN6OS/c22-17-6-7-18(24-12-17)25-19(29)14-30-21-27-26-20(16-8-10-23-11-9-16)28(21)13-15-4-2-1-3-5-15/h1-12H,13-14H2,(H,24,25,29). The van der Waals surface area contributed by atoms with Gasteiger partial charge in [-0.1, -0.05) is 53.7 Å². The fraction of sp³-hybridized carbons (Fsp3) is 0.0952. The van der Waals surface area contributed by atoms with E-state index in [1.165, 1.54) is 18.0 Å². The first kappa shape index (κ1) is 20.1. The van der Waals surface area contributed by atoms with Gasteiger partial charge in [0.05, 0.1) is 17.3 Å². The second-order valence-electron chi connectivity index (χ2n) is 6.31. The minimum Gasteiger partial charge on any atom is -0.310 e. The van der Waals surface area contributed by atoms with E-state index in [4.69, 9.17) is 11.6 Å². The van der Waals surface area contributed by atoms with E-state index >= 15 is 0 Å². The monoisotopic (exact) mass is 436 g/mol. The maximum absolute atomic E-state index is 12.3. The molecule has 1 aromatic carbocycles. The van der Waals surface area contributed by atoms with Gasteiger partial charge in [0.2, 0.25) is 5.91 Å². The van der Waals surface area contributed by atoms with Crippen molar-refractivity contribution in [2.45, 2.75) is 11.7 Å². The summed E-state index contributed by atoms with van der Waals surface area (Å²) in [5, 5.41) is 12.6. The zero-order chi connectivity index (χ0) is 20.8. The lowest BCUT2D eigenvalue weighted by molar-refractivity contribution is -0.113. The van der Waals surface area contributed by atoms with Crippen molar-refractivity contribution in [2.75, 3.05) is 11.1 Å². The van der Waals surface area contributed by atoms with E-state index in [1.807, 2.05) is 47.0 Å². The van der Waals surface area contributed by atoms with Crippen molar-refractivity contribution in [1.82, 2.24) is 24.7 Å². The van der Waals surface area contributed by atoms with Gasteiger partial charge in [-0.05, 0) is 29.8 Å². The molecule has 1 N–H and O–H groups in total. The van der Waals surface area contributed by atoms with Gasteiger partial charge in [0.25, 0.3) is 0 Å². The van der Waals surface area contributed by atoms with E-state index in [2.05, 4.69) is 25.5 Å². The number of pyridine rings is 2. The number of aromatic nitrogens is 5. The van der Waals surface area contributed by atoms with Crippen LogP contribution in [0.2, 0.25) is 5.02 Å². The molecule has 30 heavy (non-hydrogen) atoms. The van der Waals surface area contributed by atoms with Crippen LogP contribution in [0.25, 0.3) is 11.4 Å². The quantitative estimate of drug-likeness (QED) is 0.437. The number of rotatable bonds is 7. The Morgan fingerprint density at radius 2 is 1.83 bits per heavy atom. The number of carbonyl (C=O) groups excluding carboxylic acids is 1. The molecule has 0 spiro atoms. The molecule has 0 aliphatic carbocycles. The molecule has 7 nitrogen and oxygen atoms in total. The minimum atomic E-state index is -0.186. The number of anilines is 1. The molecule has 0 radical (unpaired) electrons. The molecule has 0 atom stereocenters. The Labute approximate surface area is 182 Å². The van der Waals surface area contributed by atoms with Crippen LogP contribution in [0.3, 0.4) is 0 Å². The number of hydrogen-bond acceptors (Lipinski definition) is 6. The van der Waals surface area contributed by atoms with Gasteiger partial charge in [-0.3, -0.25) is 14.3 Å². The summed E-state index contributed by atoms with van der Waals surface area (Å²) in [7, 11) is 0. The van der Waals surface area contributed by atoms with Crippen LogP contribution in [0.15, 0.2) is 78.3 Å². The summed E-state index contributed by atoms with van der Waals surface area (Å²) >= 11 is 7.15. The van der Waals surface area contributed by atoms with Gasteiger partial charge in [-0.25, -0.2) is 4.98 Å². The predicted octanol–water partition coefficient (Wildman–Crippen LogP) is 4.17. The molecule has 4 aromatic rings. The summed E-state index contributed by atoms with van der Waals surface area (Å²) < 4.78 is 2.00. The zero-order valence-electron chi connectivity index (χ0n) is 15.8. The number of halogens is 1. The summed E-state index contributed by atoms with van der Waals surface area (Å²) in [4.78, 5) is 20.5. The number of thioether (sulfide) groups is 1. The maximum Gasteiger partial charge on any atom is 0.236 e. The van der Waals surface area contributed by atoms with Gasteiger partial charge in [-0.2, -0.15) is 0 Å². The molecular formula is C21H17ClN6OS. The minimum absolute atomic E-state index is 0.174. The second-order valence-corrected chi connectivity index (χ2v) is 7.69. The molecule has 0 fully saturated rings. The first-order valence-electron chi connectivity index (χ1n) is 9.11. The highest BCUT2D eigenvalue weighted by Crippen LogP contribution is 2.25. The van der Waals surface area contributed by atoms with Crippen molar-refractivity contribution >= 4 is 35.1 Å². The van der Waals surface area contributed by atoms with Crippen LogP contribution in [0, 0.1) is 0 Å². The van der Waals surface area contributed by atoms with E-state index in [9.17, 15) is 4.79 Å². The predicted molar refractivity (Wildman–Crippen MR) is 117 cm³/mol. The highest BCUT2D eigenvalue weighted by molar-refractivity contribution is 7.99. The lowest BCUT2D eigenvalue weighted by Gasteiger charge is -2.10. The van der Waals surface area contributed by atoms with Crippen LogP contribution in [-0.2, 0) is 11.3 Å². The topological polar surface area (TPSA) is 85.6 Å². The van der Waals surface area contributed by atoms with Crippen LogP contribution < -0.4 is 5.32 Å². The average Bonchev–Trinajstić information content (AvgIpc) is 3.17. The number of nitrogens with one attached hydrogen (secondary N) is 1. The van der Waals surface area contributed by atoms with Crippen molar-refractivity contribution in [2.24, 2.45) is 0 Å². The first-order valence-corrected chi connectivity index (χ1v) is 10.5. The number of benzene rings is 1. The summed E-state index contributed by atoms with van der Waals surface area (Å²) in [5.41, 5.74) is 2.03. The summed E-state index contributed by atoms with van der Waals surface area (Å²) in [6.07, 6.45) is 4.92. The molecule has 9 heteroatoms. The van der Waals surface area contributed by atoms with Crippen LogP contribution in [0.1, 0.15) is 5.56 Å². The first-order chi connectivity index (χ1) is 14.7. The molecule has 150 valence electrons. The number of amides is 1. The Morgan fingerprint density at radius 3 is 2.57 bits per heavy atom. The number of nitrogens with zero attached hydrogens (tertiary/aromatic N) is 5. The fourth-order valence-corrected chi connectivity index (χ4v) is 3.63. The van der Waals surface area contributed by atoms with E-state index in [1.54, 1.807) is 24.5 Å². The Morgan fingerprint density at radius 1 is 1.03 bits per heavy atom. The van der Waals surface area contributed by atoms with Crippen LogP contribution in [0.5, 0.6) is 0 Å². The van der Waals surface area contributed by atoms with E-state index in [-0.39, 0.29) is 11.7 Å². The van der Waals surface area contributed by atoms with Crippen molar-refractivity contribution < 1.29 is 4.79 Å². The molecule has 1 amide bonds. The molecular weight excluding hydrogens is 420 g/mol. The summed E-state index contributed by atoms with van der Waals surface area (Å²) in [5.74, 6) is 1.17. The van der Waals surface area contributed by atoms with Crippen molar-refractivity contribution in [1.29, 1.82) is 0 Å². The van der Waals surface area contributed by atoms with Gasteiger partial charge in [0.15, 0.2) is 11.0 Å². The van der Waals surface area contributed by atoms with Gasteiger partial charge < -0.3 is 5.32 Å². The second kappa shape index (κ2) is 9.51. The van der Waals surface area contributed by atoms with Crippen LogP contribution in [-0.4, -0.2) is 36.4 Å². The van der Waals surface area contributed by atoms with Gasteiger partial charge in [-0.15, -0.1) is 10.2 Å². The highest BCUT2D eigenvalue weighted by atomic mass is 35.5. The average molecular weight is 437 g/mol. The van der Waals surface area contributed by atoms with Gasteiger partial charge >= 0.3 is 0 Å². The molecule has 0 saturated carbocycles. The third-order valence-electron chi connectivity index (χ3n) is 4.17. The number of hydrogen-bond donors (Lipinski definition) is 1. The lowest BCUT2D eigenvalue weighted by Crippen LogP contribution is -2.15. The van der Waals surface area contributed by atoms with E-state index in [0.717, 1.165) is 17.0 Å². The summed E-state index contributed by atoms with van der Waals surface area (Å²) in [6.45, 7) is 0.591. The molecule has 0 saturated heterocycles. The van der Waals surface area contributed by atoms with Crippen LogP contribution >= 0.6 is 23.4 Å². The van der Waals surface area contributed by atoms with Crippen molar-refractivity contribution in [3.8, 4) is 11.4 Å². The van der Waals surface area contributed by atoms with Gasteiger partial charge in [0.1, 0.15) is 5.82 Å². The fourth-order valence-electron chi connectivity index (χ4n) is 2.78. The largest absolute Gasteiger partial charge is 0.310 e.